The minimum absolute atomic E-state index is 0.0780. The minimum Gasteiger partial charge on any atom is -0.343 e. The average Bonchev–Trinajstić information content (AvgIpc) is 2.43. The standard InChI is InChI=1S/C10H12F10O4S/c1-2-3-4-23-6(11)8(14,15)9(16,17)7(12,13)5-24-25(21,22)10(18,19)20/h6H,2-5H2,1H3. The van der Waals surface area contributed by atoms with Gasteiger partial charge in [0.2, 0.25) is 0 Å². The van der Waals surface area contributed by atoms with E-state index in [0.29, 0.717) is 0 Å². The first-order valence-electron chi connectivity index (χ1n) is 6.29. The lowest BCUT2D eigenvalue weighted by atomic mass is 10.1. The molecule has 0 heterocycles. The molecule has 25 heavy (non-hydrogen) atoms. The Balaban J connectivity index is 5.31. The Kier molecular flexibility index (Phi) is 7.56. The molecule has 152 valence electrons. The summed E-state index contributed by atoms with van der Waals surface area (Å²) in [6, 6.07) is 0. The second-order valence-electron chi connectivity index (χ2n) is 4.60. The highest BCUT2D eigenvalue weighted by Gasteiger charge is 2.75. The first-order chi connectivity index (χ1) is 10.9. The van der Waals surface area contributed by atoms with Gasteiger partial charge in [0.05, 0.1) is 6.61 Å². The van der Waals surface area contributed by atoms with Crippen molar-refractivity contribution in [2.45, 2.75) is 49.4 Å². The van der Waals surface area contributed by atoms with Gasteiger partial charge in [0.15, 0.2) is 0 Å². The highest BCUT2D eigenvalue weighted by atomic mass is 32.2. The number of unbranched alkanes of at least 4 members (excludes halogenated alkanes) is 1. The molecule has 0 aromatic rings. The zero-order valence-corrected chi connectivity index (χ0v) is 13.0. The molecule has 0 saturated carbocycles. The van der Waals surface area contributed by atoms with Crippen LogP contribution in [0.5, 0.6) is 0 Å². The van der Waals surface area contributed by atoms with Crippen molar-refractivity contribution in [3.05, 3.63) is 0 Å². The normalized spacial score (nSPS) is 16.1. The predicted octanol–water partition coefficient (Wildman–Crippen LogP) is 3.87. The van der Waals surface area contributed by atoms with Gasteiger partial charge in [-0.2, -0.15) is 47.9 Å². The molecule has 15 heteroatoms. The summed E-state index contributed by atoms with van der Waals surface area (Å²) in [5.41, 5.74) is -6.26. The largest absolute Gasteiger partial charge is 0.523 e. The van der Waals surface area contributed by atoms with Gasteiger partial charge in [0.25, 0.3) is 6.36 Å². The van der Waals surface area contributed by atoms with Gasteiger partial charge < -0.3 is 4.74 Å². The minimum atomic E-state index is -6.76. The lowest BCUT2D eigenvalue weighted by Crippen LogP contribution is -2.60. The molecule has 0 N–H and O–H groups in total. The fourth-order valence-electron chi connectivity index (χ4n) is 1.13. The molecule has 0 aliphatic carbocycles. The van der Waals surface area contributed by atoms with Crippen LogP contribution in [-0.4, -0.2) is 51.3 Å². The number of halogens is 10. The van der Waals surface area contributed by atoms with E-state index in [1.807, 2.05) is 0 Å². The fraction of sp³-hybridized carbons (Fsp3) is 1.00. The second-order valence-corrected chi connectivity index (χ2v) is 6.21. The Morgan fingerprint density at radius 2 is 1.44 bits per heavy atom. The van der Waals surface area contributed by atoms with Crippen molar-refractivity contribution in [1.82, 2.24) is 0 Å². The van der Waals surface area contributed by atoms with Crippen LogP contribution in [0.3, 0.4) is 0 Å². The maximum Gasteiger partial charge on any atom is 0.523 e. The highest BCUT2D eigenvalue weighted by molar-refractivity contribution is 7.87. The first-order valence-corrected chi connectivity index (χ1v) is 7.69. The molecule has 0 radical (unpaired) electrons. The molecule has 0 amide bonds. The van der Waals surface area contributed by atoms with Gasteiger partial charge in [0, 0.05) is 0 Å². The smallest absolute Gasteiger partial charge is 0.343 e. The lowest BCUT2D eigenvalue weighted by molar-refractivity contribution is -0.357. The van der Waals surface area contributed by atoms with Crippen LogP contribution >= 0.6 is 0 Å². The van der Waals surface area contributed by atoms with Gasteiger partial charge in [-0.3, -0.25) is 4.18 Å². The number of ether oxygens (including phenoxy) is 1. The Bertz CT molecular complexity index is 530. The molecule has 4 nitrogen and oxygen atoms in total. The Hall–Kier alpha value is -0.830. The topological polar surface area (TPSA) is 52.6 Å². The van der Waals surface area contributed by atoms with E-state index in [1.165, 1.54) is 6.92 Å². The molecule has 0 aromatic heterocycles. The summed E-state index contributed by atoms with van der Waals surface area (Å²) in [5.74, 6) is -19.0. The van der Waals surface area contributed by atoms with Crippen LogP contribution in [0.4, 0.5) is 43.9 Å². The number of rotatable bonds is 10. The van der Waals surface area contributed by atoms with E-state index in [2.05, 4.69) is 8.92 Å². The molecule has 1 unspecified atom stereocenters. The third-order valence-electron chi connectivity index (χ3n) is 2.60. The summed E-state index contributed by atoms with van der Waals surface area (Å²) in [4.78, 5) is 0. The Morgan fingerprint density at radius 1 is 0.960 bits per heavy atom. The molecule has 0 fully saturated rings. The van der Waals surface area contributed by atoms with Crippen LogP contribution in [0.15, 0.2) is 0 Å². The van der Waals surface area contributed by atoms with E-state index in [1.54, 1.807) is 0 Å². The van der Waals surface area contributed by atoms with E-state index < -0.39 is 53.0 Å². The summed E-state index contributed by atoms with van der Waals surface area (Å²) in [5, 5.41) is 0. The molecular formula is C10H12F10O4S. The maximum absolute atomic E-state index is 13.2. The van der Waals surface area contributed by atoms with Gasteiger partial charge in [-0.1, -0.05) is 13.3 Å². The van der Waals surface area contributed by atoms with Crippen molar-refractivity contribution < 1.29 is 61.2 Å². The van der Waals surface area contributed by atoms with Gasteiger partial charge in [-0.05, 0) is 6.42 Å². The monoisotopic (exact) mass is 418 g/mol. The third-order valence-corrected chi connectivity index (χ3v) is 3.60. The quantitative estimate of drug-likeness (QED) is 0.234. The molecule has 0 aromatic carbocycles. The second kappa shape index (κ2) is 7.82. The van der Waals surface area contributed by atoms with Gasteiger partial charge in [-0.25, -0.2) is 4.39 Å². The summed E-state index contributed by atoms with van der Waals surface area (Å²) in [6.45, 7) is -2.64. The van der Waals surface area contributed by atoms with Crippen LogP contribution in [0.25, 0.3) is 0 Å². The zero-order valence-electron chi connectivity index (χ0n) is 12.2. The summed E-state index contributed by atoms with van der Waals surface area (Å²) in [6.07, 6.45) is -4.04. The van der Waals surface area contributed by atoms with Crippen LogP contribution < -0.4 is 0 Å². The molecule has 0 saturated heterocycles. The van der Waals surface area contributed by atoms with Crippen LogP contribution in [0.2, 0.25) is 0 Å². The van der Waals surface area contributed by atoms with Gasteiger partial charge in [-0.15, -0.1) is 0 Å². The van der Waals surface area contributed by atoms with Crippen LogP contribution in [-0.2, 0) is 19.0 Å². The van der Waals surface area contributed by atoms with E-state index in [9.17, 15) is 52.3 Å². The molecule has 0 bridgehead atoms. The maximum atomic E-state index is 13.2. The van der Waals surface area contributed by atoms with Crippen LogP contribution in [0.1, 0.15) is 19.8 Å². The van der Waals surface area contributed by atoms with Gasteiger partial charge in [0.1, 0.15) is 6.61 Å². The van der Waals surface area contributed by atoms with Crippen molar-refractivity contribution in [3.8, 4) is 0 Å². The lowest BCUT2D eigenvalue weighted by Gasteiger charge is -2.33. The SMILES string of the molecule is CCCCOC(F)C(F)(F)C(F)(F)C(F)(F)COS(=O)(=O)C(F)(F)F. The Morgan fingerprint density at radius 3 is 1.84 bits per heavy atom. The zero-order chi connectivity index (χ0) is 20.3. The summed E-state index contributed by atoms with van der Waals surface area (Å²) >= 11 is 0. The van der Waals surface area contributed by atoms with E-state index in [-0.39, 0.29) is 12.8 Å². The average molecular weight is 418 g/mol. The molecule has 0 aliphatic rings. The summed E-state index contributed by atoms with van der Waals surface area (Å²) in [7, 11) is -6.76. The van der Waals surface area contributed by atoms with Gasteiger partial charge >= 0.3 is 33.4 Å². The van der Waals surface area contributed by atoms with E-state index in [0.717, 1.165) is 0 Å². The van der Waals surface area contributed by atoms with Crippen molar-refractivity contribution >= 4 is 10.1 Å². The van der Waals surface area contributed by atoms with Crippen molar-refractivity contribution in [3.63, 3.8) is 0 Å². The molecule has 0 spiro atoms. The first kappa shape index (κ1) is 24.2. The number of hydrogen-bond donors (Lipinski definition) is 0. The van der Waals surface area contributed by atoms with Crippen LogP contribution in [0, 0.1) is 0 Å². The van der Waals surface area contributed by atoms with Crippen molar-refractivity contribution in [1.29, 1.82) is 0 Å². The number of alkyl halides is 10. The van der Waals surface area contributed by atoms with E-state index >= 15 is 0 Å². The summed E-state index contributed by atoms with van der Waals surface area (Å²) < 4.78 is 155. The fourth-order valence-corrected chi connectivity index (χ4v) is 1.57. The van der Waals surface area contributed by atoms with Crippen molar-refractivity contribution in [2.24, 2.45) is 0 Å². The highest BCUT2D eigenvalue weighted by Crippen LogP contribution is 2.48. The molecule has 0 rings (SSSR count). The number of hydrogen-bond acceptors (Lipinski definition) is 4. The van der Waals surface area contributed by atoms with Crippen molar-refractivity contribution in [2.75, 3.05) is 13.2 Å². The Labute approximate surface area is 135 Å². The molecule has 1 atom stereocenters. The third kappa shape index (κ3) is 5.32. The predicted molar refractivity (Wildman–Crippen MR) is 61.5 cm³/mol. The molecular weight excluding hydrogens is 406 g/mol. The van der Waals surface area contributed by atoms with E-state index in [4.69, 9.17) is 0 Å². The molecule has 0 aliphatic heterocycles.